The third kappa shape index (κ3) is 3.21. The van der Waals surface area contributed by atoms with Crippen LogP contribution < -0.4 is 5.32 Å². The van der Waals surface area contributed by atoms with E-state index in [2.05, 4.69) is 5.32 Å². The maximum Gasteiger partial charge on any atom is 0.315 e. The molecule has 14 heavy (non-hydrogen) atoms. The second-order valence-corrected chi connectivity index (χ2v) is 3.67. The zero-order valence-electron chi connectivity index (χ0n) is 8.30. The van der Waals surface area contributed by atoms with E-state index in [4.69, 9.17) is 0 Å². The normalized spacial score (nSPS) is 22.4. The van der Waals surface area contributed by atoms with E-state index in [0.717, 1.165) is 30.7 Å². The zero-order valence-corrected chi connectivity index (χ0v) is 8.30. The molecule has 3 nitrogen and oxygen atoms in total. The number of amides is 1. The molecule has 0 radical (unpaired) electrons. The fourth-order valence-electron chi connectivity index (χ4n) is 1.67. The molecule has 1 saturated heterocycles. The summed E-state index contributed by atoms with van der Waals surface area (Å²) in [4.78, 5) is 12.0. The number of nitrogens with zero attached hydrogens (tertiary/aromatic N) is 1. The van der Waals surface area contributed by atoms with Crippen LogP contribution >= 0.6 is 0 Å². The van der Waals surface area contributed by atoms with E-state index in [1.54, 1.807) is 0 Å². The molecule has 1 N–H and O–H groups in total. The van der Waals surface area contributed by atoms with Crippen LogP contribution in [0.1, 0.15) is 19.3 Å². The first-order valence-electron chi connectivity index (χ1n) is 4.88. The quantitative estimate of drug-likeness (QED) is 0.742. The molecule has 0 spiro atoms. The molecule has 0 aromatic rings. The van der Waals surface area contributed by atoms with E-state index < -0.39 is 12.3 Å². The maximum atomic E-state index is 12.0. The van der Waals surface area contributed by atoms with Gasteiger partial charge in [-0.3, -0.25) is 4.79 Å². The van der Waals surface area contributed by atoms with Gasteiger partial charge in [0.05, 0.1) is 0 Å². The Hall–Kier alpha value is -0.710. The average molecular weight is 206 g/mol. The van der Waals surface area contributed by atoms with Gasteiger partial charge in [-0.25, -0.2) is 0 Å². The number of halogens is 2. The van der Waals surface area contributed by atoms with Crippen molar-refractivity contribution in [3.63, 3.8) is 0 Å². The maximum absolute atomic E-state index is 12.0. The molecule has 1 atom stereocenters. The van der Waals surface area contributed by atoms with Gasteiger partial charge in [0.15, 0.2) is 0 Å². The van der Waals surface area contributed by atoms with Crippen LogP contribution in [0.4, 0.5) is 8.78 Å². The van der Waals surface area contributed by atoms with E-state index >= 15 is 0 Å². The lowest BCUT2D eigenvalue weighted by atomic mass is 10.0. The highest BCUT2D eigenvalue weighted by molar-refractivity contribution is 5.79. The van der Waals surface area contributed by atoms with Crippen LogP contribution in [0.15, 0.2) is 0 Å². The number of piperidine rings is 1. The van der Waals surface area contributed by atoms with Crippen molar-refractivity contribution in [1.29, 1.82) is 0 Å². The molecule has 0 bridgehead atoms. The first-order valence-corrected chi connectivity index (χ1v) is 4.88. The summed E-state index contributed by atoms with van der Waals surface area (Å²) in [6.07, 6.45) is 0.307. The van der Waals surface area contributed by atoms with Crippen molar-refractivity contribution in [2.24, 2.45) is 0 Å². The predicted octanol–water partition coefficient (Wildman–Crippen LogP) is 0.852. The van der Waals surface area contributed by atoms with Crippen LogP contribution in [0, 0.1) is 0 Å². The second kappa shape index (κ2) is 5.24. The topological polar surface area (TPSA) is 32.3 Å². The second-order valence-electron chi connectivity index (χ2n) is 3.67. The molecule has 1 amide bonds. The Labute approximate surface area is 82.5 Å². The van der Waals surface area contributed by atoms with Gasteiger partial charge in [0.1, 0.15) is 0 Å². The monoisotopic (exact) mass is 206 g/mol. The van der Waals surface area contributed by atoms with E-state index in [0.29, 0.717) is 6.54 Å². The molecule has 1 rings (SSSR count). The third-order valence-electron chi connectivity index (χ3n) is 2.47. The molecule has 0 aromatic heterocycles. The van der Waals surface area contributed by atoms with Crippen LogP contribution in [0.2, 0.25) is 0 Å². The molecule has 0 aliphatic carbocycles. The zero-order chi connectivity index (χ0) is 10.6. The molecule has 82 valence electrons. The minimum atomic E-state index is -2.89. The summed E-state index contributed by atoms with van der Waals surface area (Å²) in [5.74, 6) is -1.09. The third-order valence-corrected chi connectivity index (χ3v) is 2.47. The Bertz CT molecular complexity index is 193. The SMILES string of the molecule is CN(CC1CCCCN1)C(=O)C(F)F. The molecule has 1 aliphatic heterocycles. The summed E-state index contributed by atoms with van der Waals surface area (Å²) in [6.45, 7) is 1.30. The van der Waals surface area contributed by atoms with Gasteiger partial charge in [-0.2, -0.15) is 8.78 Å². The summed E-state index contributed by atoms with van der Waals surface area (Å²) < 4.78 is 24.0. The minimum Gasteiger partial charge on any atom is -0.339 e. The van der Waals surface area contributed by atoms with Crippen molar-refractivity contribution in [1.82, 2.24) is 10.2 Å². The van der Waals surface area contributed by atoms with E-state index in [-0.39, 0.29) is 6.04 Å². The minimum absolute atomic E-state index is 0.177. The Morgan fingerprint density at radius 3 is 2.79 bits per heavy atom. The van der Waals surface area contributed by atoms with Crippen LogP contribution in [0.3, 0.4) is 0 Å². The van der Waals surface area contributed by atoms with Crippen molar-refractivity contribution in [2.75, 3.05) is 20.1 Å². The average Bonchev–Trinajstić information content (AvgIpc) is 2.18. The number of carbonyl (C=O) groups excluding carboxylic acids is 1. The van der Waals surface area contributed by atoms with Gasteiger partial charge in [0.2, 0.25) is 0 Å². The Kier molecular flexibility index (Phi) is 4.25. The van der Waals surface area contributed by atoms with Crippen LogP contribution in [0.5, 0.6) is 0 Å². The summed E-state index contributed by atoms with van der Waals surface area (Å²) >= 11 is 0. The number of hydrogen-bond donors (Lipinski definition) is 1. The van der Waals surface area contributed by atoms with E-state index in [1.807, 2.05) is 0 Å². The summed E-state index contributed by atoms with van der Waals surface area (Å²) in [6, 6.07) is 0.177. The standard InChI is InChI=1S/C9H16F2N2O/c1-13(9(14)8(10)11)6-7-4-2-3-5-12-7/h7-8,12H,2-6H2,1H3. The summed E-state index contributed by atoms with van der Waals surface area (Å²) in [7, 11) is 1.42. The van der Waals surface area contributed by atoms with E-state index in [9.17, 15) is 13.6 Å². The molecule has 0 aromatic carbocycles. The molecular formula is C9H16F2N2O. The first-order chi connectivity index (χ1) is 6.61. The van der Waals surface area contributed by atoms with Gasteiger partial charge >= 0.3 is 6.43 Å². The van der Waals surface area contributed by atoms with Gasteiger partial charge in [-0.05, 0) is 19.4 Å². The lowest BCUT2D eigenvalue weighted by Crippen LogP contribution is -2.45. The fraction of sp³-hybridized carbons (Fsp3) is 0.889. The molecular weight excluding hydrogens is 190 g/mol. The molecule has 1 fully saturated rings. The molecule has 0 saturated carbocycles. The Balaban J connectivity index is 2.31. The number of carbonyl (C=O) groups is 1. The van der Waals surface area contributed by atoms with Crippen molar-refractivity contribution in [3.8, 4) is 0 Å². The van der Waals surface area contributed by atoms with Crippen molar-refractivity contribution in [3.05, 3.63) is 0 Å². The lowest BCUT2D eigenvalue weighted by Gasteiger charge is -2.27. The molecule has 1 heterocycles. The Morgan fingerprint density at radius 1 is 1.57 bits per heavy atom. The number of rotatable bonds is 3. The lowest BCUT2D eigenvalue weighted by molar-refractivity contribution is -0.141. The van der Waals surface area contributed by atoms with Crippen molar-refractivity contribution >= 4 is 5.91 Å². The number of likely N-dealkylation sites (N-methyl/N-ethyl adjacent to an activating group) is 1. The molecule has 1 unspecified atom stereocenters. The fourth-order valence-corrected chi connectivity index (χ4v) is 1.67. The summed E-state index contributed by atoms with van der Waals surface area (Å²) in [5.41, 5.74) is 0. The number of alkyl halides is 2. The van der Waals surface area contributed by atoms with Gasteiger partial charge < -0.3 is 10.2 Å². The van der Waals surface area contributed by atoms with Crippen molar-refractivity contribution < 1.29 is 13.6 Å². The van der Waals surface area contributed by atoms with Crippen LogP contribution in [0.25, 0.3) is 0 Å². The first kappa shape index (κ1) is 11.4. The largest absolute Gasteiger partial charge is 0.339 e. The number of nitrogens with one attached hydrogen (secondary N) is 1. The van der Waals surface area contributed by atoms with E-state index in [1.165, 1.54) is 7.05 Å². The smallest absolute Gasteiger partial charge is 0.315 e. The molecule has 1 aliphatic rings. The van der Waals surface area contributed by atoms with Gasteiger partial charge in [-0.1, -0.05) is 6.42 Å². The number of hydrogen-bond acceptors (Lipinski definition) is 2. The van der Waals surface area contributed by atoms with Crippen molar-refractivity contribution in [2.45, 2.75) is 31.7 Å². The van der Waals surface area contributed by atoms with Crippen LogP contribution in [-0.2, 0) is 4.79 Å². The predicted molar refractivity (Wildman–Crippen MR) is 49.3 cm³/mol. The van der Waals surface area contributed by atoms with Gasteiger partial charge in [0.25, 0.3) is 5.91 Å². The highest BCUT2D eigenvalue weighted by Crippen LogP contribution is 2.09. The molecule has 5 heteroatoms. The highest BCUT2D eigenvalue weighted by Gasteiger charge is 2.23. The highest BCUT2D eigenvalue weighted by atomic mass is 19.3. The Morgan fingerprint density at radius 2 is 2.29 bits per heavy atom. The van der Waals surface area contributed by atoms with Crippen LogP contribution in [-0.4, -0.2) is 43.4 Å². The van der Waals surface area contributed by atoms with Gasteiger partial charge in [0, 0.05) is 19.6 Å². The summed E-state index contributed by atoms with van der Waals surface area (Å²) in [5, 5.41) is 3.21. The van der Waals surface area contributed by atoms with Gasteiger partial charge in [-0.15, -0.1) is 0 Å².